The molecule has 1 aliphatic rings. The van der Waals surface area contributed by atoms with Gasteiger partial charge in [-0.3, -0.25) is 0 Å². The fourth-order valence-corrected chi connectivity index (χ4v) is 2.83. The van der Waals surface area contributed by atoms with Crippen LogP contribution in [0.5, 0.6) is 0 Å². The summed E-state index contributed by atoms with van der Waals surface area (Å²) in [5.74, 6) is 0.261. The van der Waals surface area contributed by atoms with Gasteiger partial charge in [-0.2, -0.15) is 0 Å². The third kappa shape index (κ3) is 3.94. The molecule has 0 radical (unpaired) electrons. The van der Waals surface area contributed by atoms with E-state index < -0.39 is 6.36 Å². The van der Waals surface area contributed by atoms with E-state index in [-0.39, 0.29) is 11.8 Å². The Morgan fingerprint density at radius 1 is 1.21 bits per heavy atom. The molecule has 3 nitrogen and oxygen atoms in total. The maximum Gasteiger partial charge on any atom is 0.573 e. The maximum absolute atomic E-state index is 12.2. The Bertz CT molecular complexity index is 834. The van der Waals surface area contributed by atoms with E-state index in [2.05, 4.69) is 15.0 Å². The minimum atomic E-state index is -4.69. The number of para-hydroxylation sites is 1. The number of halogens is 5. The molecule has 1 aliphatic carbocycles. The first kappa shape index (κ1) is 16.9. The highest BCUT2D eigenvalue weighted by Gasteiger charge is 2.32. The summed E-state index contributed by atoms with van der Waals surface area (Å²) in [5.41, 5.74) is 0.561. The van der Waals surface area contributed by atoms with Crippen molar-refractivity contribution in [3.63, 3.8) is 0 Å². The summed E-state index contributed by atoms with van der Waals surface area (Å²) in [6.45, 7) is 0. The predicted octanol–water partition coefficient (Wildman–Crippen LogP) is 5.70. The molecule has 3 rings (SSSR count). The average Bonchev–Trinajstić information content (AvgIpc) is 2.49. The zero-order valence-corrected chi connectivity index (χ0v) is 13.6. The van der Waals surface area contributed by atoms with Gasteiger partial charge >= 0.3 is 6.36 Å². The van der Waals surface area contributed by atoms with Crippen LogP contribution in [-0.2, 0) is 4.74 Å². The molecule has 0 saturated heterocycles. The van der Waals surface area contributed by atoms with E-state index in [1.54, 1.807) is 24.3 Å². The SMILES string of the molecule is FC(F)(F)OC1=CCC(Nc2cc(Cl)c3cccc(Cl)c3n2)C=C1. The number of benzene rings is 1. The Kier molecular flexibility index (Phi) is 4.60. The third-order valence-electron chi connectivity index (χ3n) is 3.37. The number of hydrogen-bond donors (Lipinski definition) is 1. The van der Waals surface area contributed by atoms with Crippen molar-refractivity contribution in [1.82, 2.24) is 4.98 Å². The summed E-state index contributed by atoms with van der Waals surface area (Å²) in [6, 6.07) is 6.72. The molecule has 0 saturated carbocycles. The van der Waals surface area contributed by atoms with Crippen molar-refractivity contribution >= 4 is 39.9 Å². The molecule has 24 heavy (non-hydrogen) atoms. The lowest BCUT2D eigenvalue weighted by Gasteiger charge is -2.19. The van der Waals surface area contributed by atoms with Gasteiger partial charge in [0.25, 0.3) is 0 Å². The number of aromatic nitrogens is 1. The minimum absolute atomic E-state index is 0.228. The summed E-state index contributed by atoms with van der Waals surface area (Å²) in [7, 11) is 0. The monoisotopic (exact) mass is 374 g/mol. The summed E-state index contributed by atoms with van der Waals surface area (Å²) >= 11 is 12.4. The molecule has 1 aromatic heterocycles. The van der Waals surface area contributed by atoms with Gasteiger partial charge in [-0.15, -0.1) is 13.2 Å². The van der Waals surface area contributed by atoms with Crippen molar-refractivity contribution in [3.05, 3.63) is 58.3 Å². The Hall–Kier alpha value is -1.92. The number of alkyl halides is 3. The van der Waals surface area contributed by atoms with Gasteiger partial charge in [0.2, 0.25) is 0 Å². The summed E-state index contributed by atoms with van der Waals surface area (Å²) in [5, 5.41) is 4.79. The molecule has 2 aromatic rings. The highest BCUT2D eigenvalue weighted by Crippen LogP contribution is 2.30. The Balaban J connectivity index is 1.75. The predicted molar refractivity (Wildman–Crippen MR) is 88.2 cm³/mol. The van der Waals surface area contributed by atoms with E-state index in [1.807, 2.05) is 6.07 Å². The van der Waals surface area contributed by atoms with E-state index in [0.717, 1.165) is 5.39 Å². The lowest BCUT2D eigenvalue weighted by molar-refractivity contribution is -0.303. The Morgan fingerprint density at radius 2 is 2.00 bits per heavy atom. The second-order valence-electron chi connectivity index (χ2n) is 5.13. The lowest BCUT2D eigenvalue weighted by Crippen LogP contribution is -2.20. The Morgan fingerprint density at radius 3 is 2.67 bits per heavy atom. The first-order valence-corrected chi connectivity index (χ1v) is 7.73. The first-order chi connectivity index (χ1) is 11.3. The van der Waals surface area contributed by atoms with Crippen molar-refractivity contribution in [2.75, 3.05) is 5.32 Å². The molecule has 1 atom stereocenters. The van der Waals surface area contributed by atoms with Gasteiger partial charge in [-0.25, -0.2) is 4.98 Å². The molecule has 0 spiro atoms. The Labute approximate surface area is 145 Å². The van der Waals surface area contributed by atoms with Gasteiger partial charge < -0.3 is 10.1 Å². The number of rotatable bonds is 3. The van der Waals surface area contributed by atoms with Crippen LogP contribution in [-0.4, -0.2) is 17.4 Å². The number of allylic oxidation sites excluding steroid dienone is 1. The average molecular weight is 375 g/mol. The van der Waals surface area contributed by atoms with E-state index in [9.17, 15) is 13.2 Å². The summed E-state index contributed by atoms with van der Waals surface area (Å²) in [6.07, 6.45) is -0.166. The van der Waals surface area contributed by atoms with Crippen LogP contribution in [0.2, 0.25) is 10.0 Å². The van der Waals surface area contributed by atoms with Crippen LogP contribution < -0.4 is 5.32 Å². The van der Waals surface area contributed by atoms with E-state index in [1.165, 1.54) is 12.2 Å². The summed E-state index contributed by atoms with van der Waals surface area (Å²) in [4.78, 5) is 4.41. The van der Waals surface area contributed by atoms with Gasteiger partial charge in [-0.1, -0.05) is 41.4 Å². The van der Waals surface area contributed by atoms with E-state index >= 15 is 0 Å². The highest BCUT2D eigenvalue weighted by atomic mass is 35.5. The highest BCUT2D eigenvalue weighted by molar-refractivity contribution is 6.39. The van der Waals surface area contributed by atoms with Gasteiger partial charge in [-0.05, 0) is 30.7 Å². The molecule has 0 aliphatic heterocycles. The number of nitrogens with zero attached hydrogens (tertiary/aromatic N) is 1. The van der Waals surface area contributed by atoms with Gasteiger partial charge in [0.15, 0.2) is 0 Å². The van der Waals surface area contributed by atoms with Crippen molar-refractivity contribution in [2.45, 2.75) is 18.8 Å². The van der Waals surface area contributed by atoms with Crippen LogP contribution in [0.4, 0.5) is 19.0 Å². The van der Waals surface area contributed by atoms with Crippen LogP contribution >= 0.6 is 23.2 Å². The number of hydrogen-bond acceptors (Lipinski definition) is 3. The smallest absolute Gasteiger partial charge is 0.406 e. The topological polar surface area (TPSA) is 34.1 Å². The molecular formula is C16H11Cl2F3N2O. The van der Waals surface area contributed by atoms with Crippen molar-refractivity contribution in [2.24, 2.45) is 0 Å². The fourth-order valence-electron chi connectivity index (χ4n) is 2.35. The second-order valence-corrected chi connectivity index (χ2v) is 5.94. The minimum Gasteiger partial charge on any atom is -0.406 e. The van der Waals surface area contributed by atoms with Crippen molar-refractivity contribution in [3.8, 4) is 0 Å². The standard InChI is InChI=1S/C16H11Cl2F3N2O/c17-12-3-1-2-11-13(18)8-14(23-15(11)12)22-9-4-6-10(7-5-9)24-16(19,20)21/h1-4,6-9H,5H2,(H,22,23). The van der Waals surface area contributed by atoms with Gasteiger partial charge in [0.1, 0.15) is 11.6 Å². The number of fused-ring (bicyclic) bond motifs is 1. The normalized spacial score (nSPS) is 17.7. The first-order valence-electron chi connectivity index (χ1n) is 6.97. The van der Waals surface area contributed by atoms with Crippen LogP contribution in [0.1, 0.15) is 6.42 Å². The number of anilines is 1. The lowest BCUT2D eigenvalue weighted by atomic mass is 10.1. The molecule has 0 amide bonds. The molecule has 1 aromatic carbocycles. The molecule has 126 valence electrons. The molecule has 0 bridgehead atoms. The van der Waals surface area contributed by atoms with Crippen molar-refractivity contribution < 1.29 is 17.9 Å². The zero-order valence-electron chi connectivity index (χ0n) is 12.1. The zero-order chi connectivity index (χ0) is 17.3. The van der Waals surface area contributed by atoms with Crippen LogP contribution in [0.15, 0.2) is 48.3 Å². The number of pyridine rings is 1. The van der Waals surface area contributed by atoms with E-state index in [4.69, 9.17) is 23.2 Å². The number of nitrogens with one attached hydrogen (secondary N) is 1. The van der Waals surface area contributed by atoms with Crippen LogP contribution in [0.25, 0.3) is 10.9 Å². The molecule has 0 fully saturated rings. The van der Waals surface area contributed by atoms with Gasteiger partial charge in [0.05, 0.1) is 15.6 Å². The fraction of sp³-hybridized carbons (Fsp3) is 0.188. The molecule has 1 N–H and O–H groups in total. The molecule has 1 heterocycles. The van der Waals surface area contributed by atoms with E-state index in [0.29, 0.717) is 27.8 Å². The summed E-state index contributed by atoms with van der Waals surface area (Å²) < 4.78 is 40.4. The third-order valence-corrected chi connectivity index (χ3v) is 3.99. The molecular weight excluding hydrogens is 364 g/mol. The van der Waals surface area contributed by atoms with Gasteiger partial charge in [0, 0.05) is 11.4 Å². The van der Waals surface area contributed by atoms with Crippen LogP contribution in [0, 0.1) is 0 Å². The van der Waals surface area contributed by atoms with Crippen molar-refractivity contribution in [1.29, 1.82) is 0 Å². The maximum atomic E-state index is 12.2. The molecule has 8 heteroatoms. The van der Waals surface area contributed by atoms with Crippen LogP contribution in [0.3, 0.4) is 0 Å². The second kappa shape index (κ2) is 6.53. The quantitative estimate of drug-likeness (QED) is 0.747. The largest absolute Gasteiger partial charge is 0.573 e. The number of ether oxygens (including phenoxy) is 1. The molecule has 1 unspecified atom stereocenters.